The number of thiocarbonyl (C=S) groups is 1. The molecular formula is C21H22N2O5S. The molecule has 0 aliphatic carbocycles. The highest BCUT2D eigenvalue weighted by molar-refractivity contribution is 7.80. The molecule has 0 atom stereocenters. The van der Waals surface area contributed by atoms with Crippen LogP contribution in [0.4, 0.5) is 5.69 Å². The van der Waals surface area contributed by atoms with E-state index in [4.69, 9.17) is 26.4 Å². The van der Waals surface area contributed by atoms with Gasteiger partial charge in [0.15, 0.2) is 16.6 Å². The van der Waals surface area contributed by atoms with Crippen molar-refractivity contribution in [3.05, 3.63) is 59.7 Å². The first kappa shape index (κ1) is 21.9. The van der Waals surface area contributed by atoms with Crippen molar-refractivity contribution >= 4 is 41.0 Å². The zero-order valence-corrected chi connectivity index (χ0v) is 17.2. The molecule has 8 heteroatoms. The summed E-state index contributed by atoms with van der Waals surface area (Å²) < 4.78 is 15.3. The highest BCUT2D eigenvalue weighted by Gasteiger charge is 2.07. The third kappa shape index (κ3) is 6.62. The van der Waals surface area contributed by atoms with E-state index in [9.17, 15) is 9.59 Å². The van der Waals surface area contributed by atoms with Crippen LogP contribution in [0.3, 0.4) is 0 Å². The molecule has 0 heterocycles. The van der Waals surface area contributed by atoms with Crippen molar-refractivity contribution in [2.24, 2.45) is 0 Å². The van der Waals surface area contributed by atoms with Crippen molar-refractivity contribution in [1.29, 1.82) is 0 Å². The summed E-state index contributed by atoms with van der Waals surface area (Å²) in [5.74, 6) is 0.391. The molecule has 2 aromatic rings. The van der Waals surface area contributed by atoms with Gasteiger partial charge in [-0.2, -0.15) is 0 Å². The SMILES string of the molecule is CCOC(=O)c1ccc(NC(=S)NC(=O)/C=C/c2ccc(OC)c(OC)c2)cc1. The normalized spacial score (nSPS) is 10.3. The zero-order chi connectivity index (χ0) is 21.2. The molecule has 0 aromatic heterocycles. The smallest absolute Gasteiger partial charge is 0.338 e. The maximum absolute atomic E-state index is 12.1. The summed E-state index contributed by atoms with van der Waals surface area (Å²) in [6, 6.07) is 11.9. The Bertz CT molecular complexity index is 910. The molecule has 7 nitrogen and oxygen atoms in total. The van der Waals surface area contributed by atoms with Gasteiger partial charge in [0, 0.05) is 11.8 Å². The van der Waals surface area contributed by atoms with Gasteiger partial charge < -0.3 is 19.5 Å². The summed E-state index contributed by atoms with van der Waals surface area (Å²) in [4.78, 5) is 23.7. The molecule has 1 amide bonds. The number of benzene rings is 2. The topological polar surface area (TPSA) is 85.9 Å². The van der Waals surface area contributed by atoms with E-state index in [1.165, 1.54) is 6.08 Å². The lowest BCUT2D eigenvalue weighted by atomic mass is 10.2. The summed E-state index contributed by atoms with van der Waals surface area (Å²) >= 11 is 5.14. The van der Waals surface area contributed by atoms with Crippen LogP contribution < -0.4 is 20.1 Å². The minimum Gasteiger partial charge on any atom is -0.493 e. The van der Waals surface area contributed by atoms with E-state index in [1.54, 1.807) is 69.7 Å². The highest BCUT2D eigenvalue weighted by Crippen LogP contribution is 2.27. The Labute approximate surface area is 174 Å². The predicted molar refractivity (Wildman–Crippen MR) is 115 cm³/mol. The van der Waals surface area contributed by atoms with E-state index >= 15 is 0 Å². The Morgan fingerprint density at radius 2 is 1.72 bits per heavy atom. The largest absolute Gasteiger partial charge is 0.493 e. The summed E-state index contributed by atoms with van der Waals surface area (Å²) in [6.07, 6.45) is 2.99. The average Bonchev–Trinajstić information content (AvgIpc) is 2.72. The van der Waals surface area contributed by atoms with Gasteiger partial charge in [-0.25, -0.2) is 4.79 Å². The van der Waals surface area contributed by atoms with Gasteiger partial charge in [-0.3, -0.25) is 10.1 Å². The van der Waals surface area contributed by atoms with Crippen LogP contribution in [-0.2, 0) is 9.53 Å². The van der Waals surface area contributed by atoms with Gasteiger partial charge in [0.25, 0.3) is 0 Å². The lowest BCUT2D eigenvalue weighted by Crippen LogP contribution is -2.32. The summed E-state index contributed by atoms with van der Waals surface area (Å²) in [5, 5.41) is 5.57. The van der Waals surface area contributed by atoms with Crippen LogP contribution in [0.2, 0.25) is 0 Å². The molecule has 0 bridgehead atoms. The molecule has 2 N–H and O–H groups in total. The Morgan fingerprint density at radius 3 is 2.34 bits per heavy atom. The number of carbonyl (C=O) groups is 2. The number of methoxy groups -OCH3 is 2. The molecule has 0 radical (unpaired) electrons. The van der Waals surface area contributed by atoms with Crippen LogP contribution in [0.15, 0.2) is 48.5 Å². The van der Waals surface area contributed by atoms with E-state index in [0.29, 0.717) is 29.4 Å². The molecule has 0 unspecified atom stereocenters. The van der Waals surface area contributed by atoms with Crippen molar-refractivity contribution in [2.75, 3.05) is 26.1 Å². The minimum atomic E-state index is -0.393. The van der Waals surface area contributed by atoms with Crippen molar-refractivity contribution in [2.45, 2.75) is 6.92 Å². The van der Waals surface area contributed by atoms with Crippen LogP contribution in [-0.4, -0.2) is 37.8 Å². The van der Waals surface area contributed by atoms with Crippen molar-refractivity contribution < 1.29 is 23.8 Å². The molecule has 0 saturated heterocycles. The first-order chi connectivity index (χ1) is 14.0. The maximum Gasteiger partial charge on any atom is 0.338 e. The van der Waals surface area contributed by atoms with Crippen molar-refractivity contribution in [1.82, 2.24) is 5.32 Å². The number of anilines is 1. The number of rotatable bonds is 7. The Kier molecular flexibility index (Phi) is 8.17. The summed E-state index contributed by atoms with van der Waals surface area (Å²) in [6.45, 7) is 2.06. The summed E-state index contributed by atoms with van der Waals surface area (Å²) in [5.41, 5.74) is 1.84. The second-order valence-corrected chi connectivity index (χ2v) is 6.10. The quantitative estimate of drug-likeness (QED) is 0.408. The molecular weight excluding hydrogens is 392 g/mol. The zero-order valence-electron chi connectivity index (χ0n) is 16.4. The van der Waals surface area contributed by atoms with Gasteiger partial charge in [0.05, 0.1) is 26.4 Å². The fourth-order valence-electron chi connectivity index (χ4n) is 2.35. The van der Waals surface area contributed by atoms with Crippen molar-refractivity contribution in [3.63, 3.8) is 0 Å². The Morgan fingerprint density at radius 1 is 1.03 bits per heavy atom. The molecule has 0 aliphatic heterocycles. The van der Waals surface area contributed by atoms with E-state index < -0.39 is 5.97 Å². The molecule has 0 aliphatic rings. The molecule has 0 saturated carbocycles. The highest BCUT2D eigenvalue weighted by atomic mass is 32.1. The van der Waals surface area contributed by atoms with Crippen LogP contribution in [0.25, 0.3) is 6.08 Å². The number of amides is 1. The number of hydrogen-bond donors (Lipinski definition) is 2. The number of hydrogen-bond acceptors (Lipinski definition) is 6. The minimum absolute atomic E-state index is 0.135. The molecule has 2 rings (SSSR count). The predicted octanol–water partition coefficient (Wildman–Crippen LogP) is 3.41. The van der Waals surface area contributed by atoms with E-state index in [-0.39, 0.29) is 11.0 Å². The standard InChI is InChI=1S/C21H22N2O5S/c1-4-28-20(25)15-7-9-16(10-8-15)22-21(29)23-19(24)12-6-14-5-11-17(26-2)18(13-14)27-3/h5-13H,4H2,1-3H3,(H2,22,23,24,29)/b12-6+. The third-order valence-electron chi connectivity index (χ3n) is 3.73. The third-order valence-corrected chi connectivity index (χ3v) is 3.93. The average molecular weight is 414 g/mol. The molecule has 152 valence electrons. The second kappa shape index (κ2) is 10.8. The van der Waals surface area contributed by atoms with Crippen LogP contribution in [0.5, 0.6) is 11.5 Å². The van der Waals surface area contributed by atoms with Crippen LogP contribution >= 0.6 is 12.2 Å². The second-order valence-electron chi connectivity index (χ2n) is 5.69. The lowest BCUT2D eigenvalue weighted by molar-refractivity contribution is -0.115. The van der Waals surface area contributed by atoms with Crippen LogP contribution in [0, 0.1) is 0 Å². The molecule has 0 fully saturated rings. The van der Waals surface area contributed by atoms with Crippen LogP contribution in [0.1, 0.15) is 22.8 Å². The van der Waals surface area contributed by atoms with Gasteiger partial charge in [-0.1, -0.05) is 6.07 Å². The first-order valence-corrected chi connectivity index (χ1v) is 9.17. The molecule has 29 heavy (non-hydrogen) atoms. The molecule has 0 spiro atoms. The number of carbonyl (C=O) groups excluding carboxylic acids is 2. The maximum atomic E-state index is 12.1. The molecule has 2 aromatic carbocycles. The first-order valence-electron chi connectivity index (χ1n) is 8.76. The summed E-state index contributed by atoms with van der Waals surface area (Å²) in [7, 11) is 3.10. The van der Waals surface area contributed by atoms with Gasteiger partial charge in [-0.15, -0.1) is 0 Å². The lowest BCUT2D eigenvalue weighted by Gasteiger charge is -2.09. The van der Waals surface area contributed by atoms with Gasteiger partial charge in [0.1, 0.15) is 0 Å². The van der Waals surface area contributed by atoms with E-state index in [1.807, 2.05) is 0 Å². The monoisotopic (exact) mass is 414 g/mol. The number of esters is 1. The van der Waals surface area contributed by atoms with Gasteiger partial charge in [-0.05, 0) is 67.2 Å². The number of nitrogens with one attached hydrogen (secondary N) is 2. The Balaban J connectivity index is 1.91. The Hall–Kier alpha value is -3.39. The fourth-order valence-corrected chi connectivity index (χ4v) is 2.57. The fraction of sp³-hybridized carbons (Fsp3) is 0.190. The van der Waals surface area contributed by atoms with E-state index in [0.717, 1.165) is 5.56 Å². The van der Waals surface area contributed by atoms with Crippen molar-refractivity contribution in [3.8, 4) is 11.5 Å². The van der Waals surface area contributed by atoms with E-state index in [2.05, 4.69) is 10.6 Å². The van der Waals surface area contributed by atoms with Gasteiger partial charge >= 0.3 is 5.97 Å². The van der Waals surface area contributed by atoms with Gasteiger partial charge in [0.2, 0.25) is 5.91 Å². The number of ether oxygens (including phenoxy) is 3.